The molecule has 3 aromatic rings. The van der Waals surface area contributed by atoms with Gasteiger partial charge < -0.3 is 4.74 Å². The van der Waals surface area contributed by atoms with Crippen molar-refractivity contribution >= 4 is 22.4 Å². The van der Waals surface area contributed by atoms with E-state index in [0.717, 1.165) is 22.6 Å². The second-order valence-corrected chi connectivity index (χ2v) is 6.67. The highest BCUT2D eigenvalue weighted by molar-refractivity contribution is 7.14. The van der Waals surface area contributed by atoms with Crippen molar-refractivity contribution in [3.8, 4) is 17.0 Å². The van der Waals surface area contributed by atoms with Gasteiger partial charge in [0.1, 0.15) is 5.75 Å². The number of pyridine rings is 1. The van der Waals surface area contributed by atoms with Crippen molar-refractivity contribution in [1.82, 2.24) is 9.97 Å². The van der Waals surface area contributed by atoms with Gasteiger partial charge in [0.2, 0.25) is 0 Å². The number of nitrogens with one attached hydrogen (secondary N) is 1. The molecule has 0 radical (unpaired) electrons. The van der Waals surface area contributed by atoms with Crippen LogP contribution in [0, 0.1) is 0 Å². The number of carbonyl (C=O) groups excluding carboxylic acids is 1. The summed E-state index contributed by atoms with van der Waals surface area (Å²) in [5.74, 6) is 0.841. The number of hydrogen-bond acceptors (Lipinski definition) is 5. The Balaban J connectivity index is 1.60. The Kier molecular flexibility index (Phi) is 5.40. The summed E-state index contributed by atoms with van der Waals surface area (Å²) in [5, 5.41) is 5.21. The molecular weight excluding hydrogens is 334 g/mol. The maximum Gasteiger partial charge on any atom is 0.264 e. The SMILES string of the molecule is CC(C)c1ccccc1OCC(=O)Nc1nc(-c2cccnc2)cs1. The number of ether oxygens (including phenoxy) is 1. The molecule has 25 heavy (non-hydrogen) atoms. The van der Waals surface area contributed by atoms with Gasteiger partial charge in [0.05, 0.1) is 5.69 Å². The predicted molar refractivity (Wildman–Crippen MR) is 100 cm³/mol. The van der Waals surface area contributed by atoms with Crippen molar-refractivity contribution in [3.63, 3.8) is 0 Å². The van der Waals surface area contributed by atoms with Gasteiger partial charge in [-0.05, 0) is 29.7 Å². The first-order valence-corrected chi connectivity index (χ1v) is 8.89. The van der Waals surface area contributed by atoms with Crippen LogP contribution in [0.1, 0.15) is 25.3 Å². The van der Waals surface area contributed by atoms with Crippen LogP contribution in [0.25, 0.3) is 11.3 Å². The summed E-state index contributed by atoms with van der Waals surface area (Å²) in [5.41, 5.74) is 2.80. The molecule has 0 aliphatic rings. The molecule has 0 spiro atoms. The summed E-state index contributed by atoms with van der Waals surface area (Å²) in [6.07, 6.45) is 3.46. The fourth-order valence-corrected chi connectivity index (χ4v) is 3.10. The molecular formula is C19H19N3O2S. The Morgan fingerprint density at radius 1 is 1.24 bits per heavy atom. The summed E-state index contributed by atoms with van der Waals surface area (Å²) in [7, 11) is 0. The molecule has 0 saturated carbocycles. The number of para-hydroxylation sites is 1. The minimum absolute atomic E-state index is 0.0501. The maximum absolute atomic E-state index is 12.1. The molecule has 2 aromatic heterocycles. The van der Waals surface area contributed by atoms with Crippen LogP contribution in [-0.2, 0) is 4.79 Å². The Bertz CT molecular complexity index is 847. The number of hydrogen-bond donors (Lipinski definition) is 1. The number of benzene rings is 1. The first-order valence-electron chi connectivity index (χ1n) is 8.01. The molecule has 1 aromatic carbocycles. The average molecular weight is 353 g/mol. The van der Waals surface area contributed by atoms with Crippen LogP contribution in [0.15, 0.2) is 54.2 Å². The van der Waals surface area contributed by atoms with Gasteiger partial charge in [0.25, 0.3) is 5.91 Å². The number of nitrogens with zero attached hydrogens (tertiary/aromatic N) is 2. The number of carbonyl (C=O) groups is 1. The van der Waals surface area contributed by atoms with Crippen LogP contribution in [0.4, 0.5) is 5.13 Å². The van der Waals surface area contributed by atoms with Gasteiger partial charge in [0.15, 0.2) is 11.7 Å². The zero-order valence-corrected chi connectivity index (χ0v) is 14.9. The van der Waals surface area contributed by atoms with Gasteiger partial charge in [-0.3, -0.25) is 15.1 Å². The lowest BCUT2D eigenvalue weighted by molar-refractivity contribution is -0.118. The molecule has 3 rings (SSSR count). The fourth-order valence-electron chi connectivity index (χ4n) is 2.37. The molecule has 0 aliphatic heterocycles. The van der Waals surface area contributed by atoms with Crippen molar-refractivity contribution in [2.75, 3.05) is 11.9 Å². The van der Waals surface area contributed by atoms with Crippen LogP contribution < -0.4 is 10.1 Å². The summed E-state index contributed by atoms with van der Waals surface area (Å²) in [6.45, 7) is 4.14. The molecule has 128 valence electrons. The van der Waals surface area contributed by atoms with Crippen molar-refractivity contribution in [2.24, 2.45) is 0 Å². The highest BCUT2D eigenvalue weighted by Crippen LogP contribution is 2.26. The Morgan fingerprint density at radius 2 is 2.08 bits per heavy atom. The van der Waals surface area contributed by atoms with Crippen molar-refractivity contribution in [2.45, 2.75) is 19.8 Å². The second kappa shape index (κ2) is 7.90. The summed E-state index contributed by atoms with van der Waals surface area (Å²) < 4.78 is 5.68. The van der Waals surface area contributed by atoms with Crippen LogP contribution in [0.3, 0.4) is 0 Å². The van der Waals surface area contributed by atoms with E-state index >= 15 is 0 Å². The largest absolute Gasteiger partial charge is 0.483 e. The number of anilines is 1. The van der Waals surface area contributed by atoms with Crippen LogP contribution >= 0.6 is 11.3 Å². The van der Waals surface area contributed by atoms with E-state index in [4.69, 9.17) is 4.74 Å². The van der Waals surface area contributed by atoms with E-state index in [0.29, 0.717) is 11.0 Å². The molecule has 0 unspecified atom stereocenters. The van der Waals surface area contributed by atoms with Gasteiger partial charge in [-0.1, -0.05) is 32.0 Å². The Labute approximate surface area is 150 Å². The molecule has 6 heteroatoms. The van der Waals surface area contributed by atoms with E-state index in [9.17, 15) is 4.79 Å². The minimum atomic E-state index is -0.231. The standard InChI is InChI=1S/C19H19N3O2S/c1-13(2)15-7-3-4-8-17(15)24-11-18(23)22-19-21-16(12-25-19)14-6-5-9-20-10-14/h3-10,12-13H,11H2,1-2H3,(H,21,22,23). The van der Waals surface area contributed by atoms with E-state index in [2.05, 4.69) is 29.1 Å². The summed E-state index contributed by atoms with van der Waals surface area (Å²) in [4.78, 5) is 20.6. The minimum Gasteiger partial charge on any atom is -0.483 e. The molecule has 1 amide bonds. The van der Waals surface area contributed by atoms with E-state index < -0.39 is 0 Å². The van der Waals surface area contributed by atoms with E-state index in [1.165, 1.54) is 11.3 Å². The smallest absolute Gasteiger partial charge is 0.264 e. The van der Waals surface area contributed by atoms with Gasteiger partial charge in [0, 0.05) is 23.3 Å². The third-order valence-electron chi connectivity index (χ3n) is 3.61. The number of amides is 1. The maximum atomic E-state index is 12.1. The lowest BCUT2D eigenvalue weighted by atomic mass is 10.0. The van der Waals surface area contributed by atoms with Crippen LogP contribution in [0.5, 0.6) is 5.75 Å². The molecule has 1 N–H and O–H groups in total. The third-order valence-corrected chi connectivity index (χ3v) is 4.37. The first kappa shape index (κ1) is 17.1. The molecule has 0 atom stereocenters. The summed E-state index contributed by atoms with van der Waals surface area (Å²) in [6, 6.07) is 11.6. The molecule has 0 fully saturated rings. The average Bonchev–Trinajstić information content (AvgIpc) is 3.09. The highest BCUT2D eigenvalue weighted by Gasteiger charge is 2.11. The fraction of sp³-hybridized carbons (Fsp3) is 0.211. The predicted octanol–water partition coefficient (Wildman–Crippen LogP) is 4.35. The van der Waals surface area contributed by atoms with E-state index in [1.807, 2.05) is 41.8 Å². The van der Waals surface area contributed by atoms with Crippen molar-refractivity contribution in [1.29, 1.82) is 0 Å². The molecule has 0 aliphatic carbocycles. The van der Waals surface area contributed by atoms with Gasteiger partial charge >= 0.3 is 0 Å². The summed E-state index contributed by atoms with van der Waals surface area (Å²) >= 11 is 1.38. The van der Waals surface area contributed by atoms with E-state index in [1.54, 1.807) is 12.4 Å². The van der Waals surface area contributed by atoms with Crippen LogP contribution in [0.2, 0.25) is 0 Å². The van der Waals surface area contributed by atoms with Crippen molar-refractivity contribution in [3.05, 3.63) is 59.7 Å². The highest BCUT2D eigenvalue weighted by atomic mass is 32.1. The second-order valence-electron chi connectivity index (χ2n) is 5.81. The Morgan fingerprint density at radius 3 is 2.84 bits per heavy atom. The zero-order chi connectivity index (χ0) is 17.6. The lowest BCUT2D eigenvalue weighted by Crippen LogP contribution is -2.20. The number of thiazole rings is 1. The van der Waals surface area contributed by atoms with Crippen molar-refractivity contribution < 1.29 is 9.53 Å². The first-order chi connectivity index (χ1) is 12.1. The molecule has 2 heterocycles. The molecule has 5 nitrogen and oxygen atoms in total. The van der Waals surface area contributed by atoms with Crippen LogP contribution in [-0.4, -0.2) is 22.5 Å². The van der Waals surface area contributed by atoms with Gasteiger partial charge in [-0.25, -0.2) is 4.98 Å². The van der Waals surface area contributed by atoms with Gasteiger partial charge in [-0.15, -0.1) is 11.3 Å². The number of aromatic nitrogens is 2. The monoisotopic (exact) mass is 353 g/mol. The quantitative estimate of drug-likeness (QED) is 0.716. The zero-order valence-electron chi connectivity index (χ0n) is 14.1. The van der Waals surface area contributed by atoms with E-state index in [-0.39, 0.29) is 12.5 Å². The lowest BCUT2D eigenvalue weighted by Gasteiger charge is -2.13. The van der Waals surface area contributed by atoms with Gasteiger partial charge in [-0.2, -0.15) is 0 Å². The molecule has 0 saturated heterocycles. The number of rotatable bonds is 6. The molecule has 0 bridgehead atoms. The third kappa shape index (κ3) is 4.42. The topological polar surface area (TPSA) is 64.1 Å². The normalized spacial score (nSPS) is 10.7. The Hall–Kier alpha value is -2.73.